The minimum atomic E-state index is -0.362. The van der Waals surface area contributed by atoms with Gasteiger partial charge in [0.2, 0.25) is 11.7 Å². The molecule has 9 nitrogen and oxygen atoms in total. The molecule has 4 aromatic rings. The first-order valence-electron chi connectivity index (χ1n) is 14.9. The Morgan fingerprint density at radius 3 is 2.50 bits per heavy atom. The molecule has 1 amide bonds. The number of fused-ring (bicyclic) bond motifs is 1. The van der Waals surface area contributed by atoms with Crippen molar-refractivity contribution >= 4 is 28.6 Å². The third-order valence-corrected chi connectivity index (χ3v) is 8.23. The maximum absolute atomic E-state index is 14.4. The lowest BCUT2D eigenvalue weighted by atomic mass is 10.0. The second-order valence-electron chi connectivity index (χ2n) is 11.2. The highest BCUT2D eigenvalue weighted by atomic mass is 19.1. The van der Waals surface area contributed by atoms with E-state index in [0.29, 0.717) is 74.9 Å². The number of halogens is 1. The fourth-order valence-corrected chi connectivity index (χ4v) is 5.94. The van der Waals surface area contributed by atoms with E-state index >= 15 is 0 Å². The first-order valence-corrected chi connectivity index (χ1v) is 14.9. The van der Waals surface area contributed by atoms with Gasteiger partial charge in [-0.1, -0.05) is 42.5 Å². The van der Waals surface area contributed by atoms with Crippen LogP contribution in [-0.2, 0) is 22.6 Å². The summed E-state index contributed by atoms with van der Waals surface area (Å²) in [5.74, 6) is -0.164. The van der Waals surface area contributed by atoms with Crippen molar-refractivity contribution in [3.8, 4) is 5.75 Å². The zero-order valence-corrected chi connectivity index (χ0v) is 24.2. The van der Waals surface area contributed by atoms with Gasteiger partial charge < -0.3 is 19.3 Å². The number of carbonyl (C=O) groups is 1. The first-order chi connectivity index (χ1) is 21.5. The number of morpholine rings is 1. The predicted molar refractivity (Wildman–Crippen MR) is 166 cm³/mol. The number of pyridine rings is 1. The Balaban J connectivity index is 1.32. The summed E-state index contributed by atoms with van der Waals surface area (Å²) in [4.78, 5) is 41.0. The molecule has 7 rings (SSSR count). The number of anilines is 2. The van der Waals surface area contributed by atoms with Gasteiger partial charge in [0.25, 0.3) is 0 Å². The van der Waals surface area contributed by atoms with Crippen LogP contribution in [0.1, 0.15) is 36.1 Å². The van der Waals surface area contributed by atoms with Crippen molar-refractivity contribution in [1.82, 2.24) is 9.38 Å². The highest BCUT2D eigenvalue weighted by molar-refractivity contribution is 6.05. The summed E-state index contributed by atoms with van der Waals surface area (Å²) in [5, 5.41) is 0. The zero-order valence-electron chi connectivity index (χ0n) is 24.2. The number of aromatic nitrogens is 2. The van der Waals surface area contributed by atoms with E-state index in [0.717, 1.165) is 28.8 Å². The monoisotopic (exact) mass is 593 g/mol. The topological polar surface area (TPSA) is 88.7 Å². The van der Waals surface area contributed by atoms with Crippen LogP contribution in [0.5, 0.6) is 5.75 Å². The van der Waals surface area contributed by atoms with Crippen molar-refractivity contribution in [2.45, 2.75) is 32.3 Å². The van der Waals surface area contributed by atoms with Gasteiger partial charge in [-0.25, -0.2) is 9.37 Å². The van der Waals surface area contributed by atoms with E-state index < -0.39 is 0 Å². The third-order valence-electron chi connectivity index (χ3n) is 8.23. The molecule has 0 saturated carbocycles. The minimum absolute atomic E-state index is 0.00712. The van der Waals surface area contributed by atoms with Crippen molar-refractivity contribution in [2.24, 2.45) is 4.99 Å². The van der Waals surface area contributed by atoms with Crippen LogP contribution in [0.25, 0.3) is 5.65 Å². The van der Waals surface area contributed by atoms with Gasteiger partial charge in [-0.05, 0) is 47.7 Å². The van der Waals surface area contributed by atoms with E-state index in [1.165, 1.54) is 16.5 Å². The van der Waals surface area contributed by atoms with Gasteiger partial charge >= 0.3 is 5.56 Å². The van der Waals surface area contributed by atoms with Crippen LogP contribution in [-0.4, -0.2) is 53.9 Å². The van der Waals surface area contributed by atoms with Crippen molar-refractivity contribution in [3.05, 3.63) is 112 Å². The summed E-state index contributed by atoms with van der Waals surface area (Å²) in [6, 6.07) is 18.0. The van der Waals surface area contributed by atoms with Gasteiger partial charge in [0, 0.05) is 44.9 Å². The molecule has 2 saturated heterocycles. The summed E-state index contributed by atoms with van der Waals surface area (Å²) < 4.78 is 26.8. The van der Waals surface area contributed by atoms with Crippen LogP contribution in [0.15, 0.2) is 88.4 Å². The molecule has 3 aliphatic heterocycles. The Kier molecular flexibility index (Phi) is 7.66. The van der Waals surface area contributed by atoms with Crippen LogP contribution in [0.2, 0.25) is 0 Å². The number of carbonyl (C=O) groups excluding carboxylic acids is 1. The van der Waals surface area contributed by atoms with Gasteiger partial charge in [-0.2, -0.15) is 0 Å². The summed E-state index contributed by atoms with van der Waals surface area (Å²) >= 11 is 0. The molecule has 0 radical (unpaired) electrons. The molecule has 0 atom stereocenters. The minimum Gasteiger partial charge on any atom is -0.481 e. The van der Waals surface area contributed by atoms with Crippen LogP contribution in [0.4, 0.5) is 15.8 Å². The highest BCUT2D eigenvalue weighted by Crippen LogP contribution is 2.32. The largest absolute Gasteiger partial charge is 0.481 e. The molecule has 0 bridgehead atoms. The lowest BCUT2D eigenvalue weighted by molar-refractivity contribution is -0.117. The van der Waals surface area contributed by atoms with E-state index in [1.54, 1.807) is 29.4 Å². The molecule has 10 heteroatoms. The molecule has 224 valence electrons. The Morgan fingerprint density at radius 2 is 1.75 bits per heavy atom. The third kappa shape index (κ3) is 5.60. The maximum Gasteiger partial charge on any atom is 0.301 e. The van der Waals surface area contributed by atoms with Gasteiger partial charge in [0.1, 0.15) is 18.1 Å². The van der Waals surface area contributed by atoms with E-state index in [9.17, 15) is 14.0 Å². The number of amides is 1. The quantitative estimate of drug-likeness (QED) is 0.295. The molecule has 44 heavy (non-hydrogen) atoms. The number of hydrogen-bond donors (Lipinski definition) is 0. The average molecular weight is 594 g/mol. The molecular weight excluding hydrogens is 561 g/mol. The Bertz CT molecular complexity index is 1830. The van der Waals surface area contributed by atoms with E-state index in [1.807, 2.05) is 36.4 Å². The molecule has 2 aromatic carbocycles. The number of benzene rings is 2. The van der Waals surface area contributed by atoms with Crippen molar-refractivity contribution < 1.29 is 18.7 Å². The second-order valence-corrected chi connectivity index (χ2v) is 11.2. The van der Waals surface area contributed by atoms with Gasteiger partial charge in [0.05, 0.1) is 30.3 Å². The maximum atomic E-state index is 14.4. The van der Waals surface area contributed by atoms with E-state index in [-0.39, 0.29) is 29.6 Å². The van der Waals surface area contributed by atoms with Crippen LogP contribution >= 0.6 is 0 Å². The SMILES string of the molecule is O=C1CCCN1c1cc(N2CCOCC2)cn2c(=O)c(OCc3ccccc3)c(C3=NC=C(Cc4ccc(F)cc4)C3)nc12. The van der Waals surface area contributed by atoms with Gasteiger partial charge in [-0.15, -0.1) is 0 Å². The van der Waals surface area contributed by atoms with E-state index in [4.69, 9.17) is 14.5 Å². The summed E-state index contributed by atoms with van der Waals surface area (Å²) in [5.41, 5.74) is 5.32. The Hall–Kier alpha value is -4.83. The zero-order chi connectivity index (χ0) is 30.0. The number of hydrogen-bond acceptors (Lipinski definition) is 7. The van der Waals surface area contributed by atoms with Gasteiger partial charge in [-0.3, -0.25) is 19.0 Å². The fourth-order valence-electron chi connectivity index (χ4n) is 5.94. The van der Waals surface area contributed by atoms with Crippen LogP contribution in [0.3, 0.4) is 0 Å². The molecule has 3 aliphatic rings. The molecule has 0 spiro atoms. The standard InChI is InChI=1S/C34H32FN5O4/c35-26-10-8-23(9-11-26)17-25-18-28(36-20-25)31-32(44-22-24-5-2-1-3-6-24)34(42)40-21-27(38-13-15-43-16-14-38)19-29(33(40)37-31)39-12-4-7-30(39)41/h1-3,5-6,8-11,19-21H,4,7,12-18,22H2. The molecule has 5 heterocycles. The van der Waals surface area contributed by atoms with E-state index in [2.05, 4.69) is 9.89 Å². The van der Waals surface area contributed by atoms with Crippen molar-refractivity contribution in [1.29, 1.82) is 0 Å². The van der Waals surface area contributed by atoms with Gasteiger partial charge in [0.15, 0.2) is 5.65 Å². The molecular formula is C34H32FN5O4. The van der Waals surface area contributed by atoms with Crippen LogP contribution in [0, 0.1) is 5.82 Å². The molecule has 2 fully saturated rings. The van der Waals surface area contributed by atoms with Crippen molar-refractivity contribution in [3.63, 3.8) is 0 Å². The first kappa shape index (κ1) is 28.0. The molecule has 0 N–H and O–H groups in total. The van der Waals surface area contributed by atoms with Crippen molar-refractivity contribution in [2.75, 3.05) is 42.6 Å². The molecule has 0 aliphatic carbocycles. The summed E-state index contributed by atoms with van der Waals surface area (Å²) in [6.07, 6.45) is 5.82. The highest BCUT2D eigenvalue weighted by Gasteiger charge is 2.29. The number of aliphatic imine (C=N–C) groups is 1. The number of rotatable bonds is 8. The Morgan fingerprint density at radius 1 is 0.955 bits per heavy atom. The Labute approximate surface area is 253 Å². The lowest BCUT2D eigenvalue weighted by Gasteiger charge is -2.30. The van der Waals surface area contributed by atoms with Crippen LogP contribution < -0.4 is 20.1 Å². The predicted octanol–water partition coefficient (Wildman–Crippen LogP) is 4.70. The second kappa shape index (κ2) is 12.0. The number of allylic oxidation sites excluding steroid dienone is 1. The summed E-state index contributed by atoms with van der Waals surface area (Å²) in [7, 11) is 0. The summed E-state index contributed by atoms with van der Waals surface area (Å²) in [6.45, 7) is 3.26. The lowest BCUT2D eigenvalue weighted by Crippen LogP contribution is -2.37. The average Bonchev–Trinajstić information content (AvgIpc) is 3.71. The molecule has 0 unspecified atom stereocenters. The normalized spacial score (nSPS) is 16.9. The molecule has 2 aromatic heterocycles. The smallest absolute Gasteiger partial charge is 0.301 e. The fraction of sp³-hybridized carbons (Fsp3) is 0.294. The number of ether oxygens (including phenoxy) is 2. The number of nitrogens with zero attached hydrogens (tertiary/aromatic N) is 5.